The molecule has 2 aliphatic rings. The molecule has 0 spiro atoms. The van der Waals surface area contributed by atoms with Gasteiger partial charge < -0.3 is 15.2 Å². The van der Waals surface area contributed by atoms with Crippen LogP contribution in [0, 0.1) is 5.92 Å². The number of nitrogens with one attached hydrogen (secondary N) is 1. The topological polar surface area (TPSA) is 41.5 Å². The first-order valence-corrected chi connectivity index (χ1v) is 8.54. The number of anilines is 1. The van der Waals surface area contributed by atoms with Gasteiger partial charge in [-0.1, -0.05) is 6.07 Å². The fraction of sp³-hybridized carbons (Fsp3) is 0.412. The highest BCUT2D eigenvalue weighted by molar-refractivity contribution is 7.13. The smallest absolute Gasteiger partial charge is 0.263 e. The molecule has 1 aromatic carbocycles. The Morgan fingerprint density at radius 3 is 2.87 bits per heavy atom. The van der Waals surface area contributed by atoms with Crippen molar-refractivity contribution in [3.63, 3.8) is 0 Å². The minimum absolute atomic E-state index is 0.0330. The molecule has 122 valence electrons. The summed E-state index contributed by atoms with van der Waals surface area (Å²) in [7, 11) is 0. The summed E-state index contributed by atoms with van der Waals surface area (Å²) in [6.45, 7) is 0.655. The Hall–Kier alpha value is -1.66. The minimum atomic E-state index is -2.48. The molecular formula is C17H17F2NO2S. The largest absolute Gasteiger partial charge is 0.499 e. The zero-order chi connectivity index (χ0) is 16.0. The van der Waals surface area contributed by atoms with Crippen LogP contribution in [-0.2, 0) is 4.74 Å². The average Bonchev–Trinajstić information content (AvgIpc) is 3.00. The Bertz CT molecular complexity index is 718. The van der Waals surface area contributed by atoms with Gasteiger partial charge in [-0.2, -0.15) is 0 Å². The first-order valence-electron chi connectivity index (χ1n) is 7.72. The Labute approximate surface area is 136 Å². The van der Waals surface area contributed by atoms with E-state index in [1.54, 1.807) is 18.2 Å². The molecule has 0 radical (unpaired) electrons. The number of halogens is 2. The Kier molecular flexibility index (Phi) is 3.73. The highest BCUT2D eigenvalue weighted by Gasteiger charge is 2.40. The van der Waals surface area contributed by atoms with Crippen molar-refractivity contribution in [1.29, 1.82) is 0 Å². The molecule has 0 aliphatic carbocycles. The zero-order valence-corrected chi connectivity index (χ0v) is 13.2. The maximum Gasteiger partial charge on any atom is 0.263 e. The molecule has 6 heteroatoms. The van der Waals surface area contributed by atoms with Gasteiger partial charge in [-0.05, 0) is 37.1 Å². The van der Waals surface area contributed by atoms with E-state index < -0.39 is 6.43 Å². The third kappa shape index (κ3) is 2.60. The van der Waals surface area contributed by atoms with Crippen LogP contribution in [0.5, 0.6) is 5.06 Å². The first kappa shape index (κ1) is 14.9. The quantitative estimate of drug-likeness (QED) is 0.808. The van der Waals surface area contributed by atoms with E-state index in [1.165, 1.54) is 17.4 Å². The lowest BCUT2D eigenvalue weighted by molar-refractivity contribution is -0.0379. The summed E-state index contributed by atoms with van der Waals surface area (Å²) >= 11 is 1.35. The number of alkyl halides is 2. The Balaban J connectivity index is 1.76. The van der Waals surface area contributed by atoms with Crippen molar-refractivity contribution in [3.8, 4) is 5.06 Å². The number of rotatable bonds is 2. The van der Waals surface area contributed by atoms with Crippen LogP contribution >= 0.6 is 11.3 Å². The lowest BCUT2D eigenvalue weighted by Gasteiger charge is -2.43. The van der Waals surface area contributed by atoms with Gasteiger partial charge in [0.25, 0.3) is 6.43 Å². The van der Waals surface area contributed by atoms with Gasteiger partial charge in [-0.25, -0.2) is 8.78 Å². The number of fused-ring (bicyclic) bond motifs is 3. The maximum atomic E-state index is 13.0. The van der Waals surface area contributed by atoms with Crippen molar-refractivity contribution >= 4 is 17.0 Å². The SMILES string of the molecule is Oc1ccc([C@@H]2Nc3ccc(C(F)F)cc3C3OCCCC32)s1. The Morgan fingerprint density at radius 1 is 1.26 bits per heavy atom. The van der Waals surface area contributed by atoms with E-state index >= 15 is 0 Å². The highest BCUT2D eigenvalue weighted by atomic mass is 32.1. The summed E-state index contributed by atoms with van der Waals surface area (Å²) in [5.41, 5.74) is 1.70. The molecule has 4 rings (SSSR count). The minimum Gasteiger partial charge on any atom is -0.499 e. The predicted octanol–water partition coefficient (Wildman–Crippen LogP) is 5.03. The van der Waals surface area contributed by atoms with Crippen molar-refractivity contribution in [1.82, 2.24) is 0 Å². The molecule has 2 unspecified atom stereocenters. The van der Waals surface area contributed by atoms with Gasteiger partial charge in [0.05, 0.1) is 12.1 Å². The molecule has 1 aromatic heterocycles. The van der Waals surface area contributed by atoms with E-state index in [2.05, 4.69) is 5.32 Å². The van der Waals surface area contributed by atoms with Gasteiger partial charge in [-0.15, -0.1) is 11.3 Å². The molecular weight excluding hydrogens is 320 g/mol. The van der Waals surface area contributed by atoms with Crippen molar-refractivity contribution in [2.75, 3.05) is 11.9 Å². The second-order valence-electron chi connectivity index (χ2n) is 6.04. The number of hydrogen-bond acceptors (Lipinski definition) is 4. The van der Waals surface area contributed by atoms with Crippen LogP contribution in [-0.4, -0.2) is 11.7 Å². The summed E-state index contributed by atoms with van der Waals surface area (Å²) < 4.78 is 32.0. The van der Waals surface area contributed by atoms with E-state index in [-0.39, 0.29) is 28.7 Å². The van der Waals surface area contributed by atoms with Gasteiger partial charge in [0.2, 0.25) is 0 Å². The number of hydrogen-bond donors (Lipinski definition) is 2. The van der Waals surface area contributed by atoms with Crippen molar-refractivity contribution < 1.29 is 18.6 Å². The first-order chi connectivity index (χ1) is 11.1. The molecule has 3 heterocycles. The summed E-state index contributed by atoms with van der Waals surface area (Å²) in [5, 5.41) is 13.4. The van der Waals surface area contributed by atoms with Gasteiger partial charge in [-0.3, -0.25) is 0 Å². The molecule has 23 heavy (non-hydrogen) atoms. The summed E-state index contributed by atoms with van der Waals surface area (Å²) in [4.78, 5) is 1.05. The molecule has 0 amide bonds. The predicted molar refractivity (Wildman–Crippen MR) is 85.2 cm³/mol. The third-order valence-electron chi connectivity index (χ3n) is 4.66. The molecule has 3 atom stereocenters. The number of aromatic hydroxyl groups is 1. The second-order valence-corrected chi connectivity index (χ2v) is 7.14. The van der Waals surface area contributed by atoms with Gasteiger partial charge in [0.1, 0.15) is 0 Å². The maximum absolute atomic E-state index is 13.0. The summed E-state index contributed by atoms with van der Waals surface area (Å²) in [5.74, 6) is 0.183. The van der Waals surface area contributed by atoms with Crippen molar-refractivity contribution in [2.45, 2.75) is 31.4 Å². The lowest BCUT2D eigenvalue weighted by atomic mass is 9.79. The molecule has 1 saturated heterocycles. The average molecular weight is 337 g/mol. The molecule has 2 N–H and O–H groups in total. The van der Waals surface area contributed by atoms with Gasteiger partial charge in [0, 0.05) is 34.2 Å². The van der Waals surface area contributed by atoms with E-state index in [0.717, 1.165) is 29.0 Å². The number of ether oxygens (including phenoxy) is 1. The van der Waals surface area contributed by atoms with E-state index in [0.29, 0.717) is 6.61 Å². The number of thiophene rings is 1. The van der Waals surface area contributed by atoms with Gasteiger partial charge in [0.15, 0.2) is 5.06 Å². The molecule has 0 bridgehead atoms. The zero-order valence-electron chi connectivity index (χ0n) is 12.3. The van der Waals surface area contributed by atoms with Crippen molar-refractivity contribution in [3.05, 3.63) is 46.3 Å². The van der Waals surface area contributed by atoms with Crippen molar-refractivity contribution in [2.24, 2.45) is 5.92 Å². The summed E-state index contributed by atoms with van der Waals surface area (Å²) in [6.07, 6.45) is -0.720. The fourth-order valence-electron chi connectivity index (χ4n) is 3.62. The Morgan fingerprint density at radius 2 is 2.13 bits per heavy atom. The molecule has 0 saturated carbocycles. The highest BCUT2D eigenvalue weighted by Crippen LogP contribution is 2.51. The standard InChI is InChI=1S/C17H17F2NO2S/c18-17(19)9-3-4-12-11(8-9)16-10(2-1-7-22-16)15(20-12)13-5-6-14(21)23-13/h3-6,8,10,15-17,20-21H,1-2,7H2/t10?,15-,16?/m1/s1. The summed E-state index contributed by atoms with van der Waals surface area (Å²) in [6, 6.07) is 8.39. The molecule has 2 aliphatic heterocycles. The molecule has 3 nitrogen and oxygen atoms in total. The van der Waals surface area contributed by atoms with E-state index in [1.807, 2.05) is 6.07 Å². The van der Waals surface area contributed by atoms with Crippen LogP contribution in [0.25, 0.3) is 0 Å². The normalized spacial score (nSPS) is 26.5. The fourth-order valence-corrected chi connectivity index (χ4v) is 4.49. The van der Waals surface area contributed by atoms with Crippen LogP contribution in [0.3, 0.4) is 0 Å². The number of benzene rings is 1. The van der Waals surface area contributed by atoms with Crippen LogP contribution in [0.2, 0.25) is 0 Å². The van der Waals surface area contributed by atoms with E-state index in [4.69, 9.17) is 4.74 Å². The second kappa shape index (κ2) is 5.76. The van der Waals surface area contributed by atoms with Crippen LogP contribution < -0.4 is 5.32 Å². The molecule has 2 aromatic rings. The van der Waals surface area contributed by atoms with Crippen LogP contribution in [0.1, 0.15) is 47.4 Å². The van der Waals surface area contributed by atoms with Gasteiger partial charge >= 0.3 is 0 Å². The molecule has 1 fully saturated rings. The lowest BCUT2D eigenvalue weighted by Crippen LogP contribution is -2.35. The monoisotopic (exact) mass is 337 g/mol. The van der Waals surface area contributed by atoms with E-state index in [9.17, 15) is 13.9 Å². The van der Waals surface area contributed by atoms with Crippen LogP contribution in [0.15, 0.2) is 30.3 Å². The third-order valence-corrected chi connectivity index (χ3v) is 5.63. The van der Waals surface area contributed by atoms with Crippen LogP contribution in [0.4, 0.5) is 14.5 Å².